The third-order valence-electron chi connectivity index (χ3n) is 4.38. The van der Waals surface area contributed by atoms with Crippen molar-refractivity contribution in [2.75, 3.05) is 0 Å². The lowest BCUT2D eigenvalue weighted by atomic mass is 9.88. The summed E-state index contributed by atoms with van der Waals surface area (Å²) in [6.07, 6.45) is 4.10. The lowest BCUT2D eigenvalue weighted by Gasteiger charge is -2.17. The summed E-state index contributed by atoms with van der Waals surface area (Å²) in [5, 5.41) is 0. The van der Waals surface area contributed by atoms with Crippen molar-refractivity contribution in [3.63, 3.8) is 0 Å². The molecule has 3 unspecified atom stereocenters. The fourth-order valence-electron chi connectivity index (χ4n) is 2.98. The maximum Gasteiger partial charge on any atom is -0.00789 e. The Morgan fingerprint density at radius 3 is 2.23 bits per heavy atom. The molecule has 2 aliphatic rings. The van der Waals surface area contributed by atoms with Gasteiger partial charge in [-0.3, -0.25) is 0 Å². The summed E-state index contributed by atoms with van der Waals surface area (Å²) in [4.78, 5) is 0. The molecule has 2 rings (SSSR count). The highest BCUT2D eigenvalue weighted by molar-refractivity contribution is 5.28. The van der Waals surface area contributed by atoms with Crippen LogP contribution < -0.4 is 0 Å². The number of hydrogen-bond acceptors (Lipinski definition) is 0. The summed E-state index contributed by atoms with van der Waals surface area (Å²) in [7, 11) is 0. The fraction of sp³-hybridized carbons (Fsp3) is 0.846. The van der Waals surface area contributed by atoms with Crippen LogP contribution in [0.25, 0.3) is 0 Å². The molecule has 0 aliphatic heterocycles. The zero-order chi connectivity index (χ0) is 9.85. The molecule has 0 N–H and O–H groups in total. The number of rotatable bonds is 3. The van der Waals surface area contributed by atoms with Crippen molar-refractivity contribution in [1.82, 2.24) is 0 Å². The van der Waals surface area contributed by atoms with Gasteiger partial charge in [0.05, 0.1) is 0 Å². The van der Waals surface area contributed by atoms with E-state index in [1.807, 2.05) is 0 Å². The third kappa shape index (κ3) is 1.56. The average Bonchev–Trinajstić information content (AvgIpc) is 2.74. The van der Waals surface area contributed by atoms with Crippen LogP contribution in [0.2, 0.25) is 0 Å². The van der Waals surface area contributed by atoms with Gasteiger partial charge in [-0.05, 0) is 41.9 Å². The second kappa shape index (κ2) is 2.40. The molecule has 2 aliphatic carbocycles. The maximum atomic E-state index is 4.09. The smallest absolute Gasteiger partial charge is 0.00789 e. The zero-order valence-corrected chi connectivity index (χ0v) is 9.48. The molecule has 3 atom stereocenters. The molecule has 74 valence electrons. The molecule has 2 saturated carbocycles. The Balaban J connectivity index is 1.87. The van der Waals surface area contributed by atoms with Gasteiger partial charge in [0.1, 0.15) is 0 Å². The van der Waals surface area contributed by atoms with Crippen molar-refractivity contribution in [3.05, 3.63) is 12.2 Å². The van der Waals surface area contributed by atoms with Gasteiger partial charge in [0.15, 0.2) is 0 Å². The number of allylic oxidation sites excluding steroid dienone is 1. The second-order valence-electron chi connectivity index (χ2n) is 6.32. The van der Waals surface area contributed by atoms with Crippen molar-refractivity contribution in [2.24, 2.45) is 22.7 Å². The van der Waals surface area contributed by atoms with E-state index in [0.717, 1.165) is 11.8 Å². The van der Waals surface area contributed by atoms with Crippen LogP contribution in [-0.2, 0) is 0 Å². The summed E-state index contributed by atoms with van der Waals surface area (Å²) < 4.78 is 0. The van der Waals surface area contributed by atoms with Crippen LogP contribution in [0, 0.1) is 22.7 Å². The van der Waals surface area contributed by atoms with Gasteiger partial charge in [-0.15, -0.1) is 0 Å². The molecule has 0 heteroatoms. The van der Waals surface area contributed by atoms with E-state index in [-0.39, 0.29) is 0 Å². The molecule has 0 aromatic heterocycles. The maximum absolute atomic E-state index is 4.09. The predicted octanol–water partition coefficient (Wildman–Crippen LogP) is 4.02. The van der Waals surface area contributed by atoms with Crippen LogP contribution >= 0.6 is 0 Å². The first kappa shape index (κ1) is 9.30. The molecule has 0 saturated heterocycles. The highest BCUT2D eigenvalue weighted by Crippen LogP contribution is 2.62. The first-order valence-corrected chi connectivity index (χ1v) is 5.53. The lowest BCUT2D eigenvalue weighted by molar-refractivity contribution is 0.339. The third-order valence-corrected chi connectivity index (χ3v) is 4.38. The van der Waals surface area contributed by atoms with E-state index in [1.165, 1.54) is 24.8 Å². The molecule has 2 fully saturated rings. The molecule has 0 bridgehead atoms. The SMILES string of the molecule is C=C1CC1(C)CC(C)C1CC1(C)C. The Labute approximate surface area is 82.4 Å². The highest BCUT2D eigenvalue weighted by atomic mass is 14.6. The van der Waals surface area contributed by atoms with Crippen molar-refractivity contribution in [2.45, 2.75) is 47.0 Å². The van der Waals surface area contributed by atoms with Crippen LogP contribution in [0.3, 0.4) is 0 Å². The summed E-state index contributed by atoms with van der Waals surface area (Å²) >= 11 is 0. The van der Waals surface area contributed by atoms with E-state index < -0.39 is 0 Å². The van der Waals surface area contributed by atoms with Gasteiger partial charge < -0.3 is 0 Å². The number of hydrogen-bond donors (Lipinski definition) is 0. The minimum atomic E-state index is 0.526. The van der Waals surface area contributed by atoms with Crippen LogP contribution in [0.1, 0.15) is 47.0 Å². The van der Waals surface area contributed by atoms with Crippen LogP contribution in [0.4, 0.5) is 0 Å². The van der Waals surface area contributed by atoms with E-state index in [9.17, 15) is 0 Å². The first-order chi connectivity index (χ1) is 5.85. The fourth-order valence-corrected chi connectivity index (χ4v) is 2.98. The molecule has 0 nitrogen and oxygen atoms in total. The van der Waals surface area contributed by atoms with Gasteiger partial charge in [-0.1, -0.05) is 39.8 Å². The van der Waals surface area contributed by atoms with Gasteiger partial charge in [0.25, 0.3) is 0 Å². The molecule has 0 aromatic carbocycles. The molecule has 0 aromatic rings. The monoisotopic (exact) mass is 178 g/mol. The van der Waals surface area contributed by atoms with Crippen molar-refractivity contribution in [1.29, 1.82) is 0 Å². The summed E-state index contributed by atoms with van der Waals surface area (Å²) in [5.41, 5.74) is 2.65. The minimum absolute atomic E-state index is 0.526. The molecule has 0 spiro atoms. The molecule has 0 amide bonds. The summed E-state index contributed by atoms with van der Waals surface area (Å²) in [6.45, 7) is 13.7. The lowest BCUT2D eigenvalue weighted by Crippen LogP contribution is -2.08. The van der Waals surface area contributed by atoms with Gasteiger partial charge in [-0.2, -0.15) is 0 Å². The second-order valence-corrected chi connectivity index (χ2v) is 6.32. The Bertz CT molecular complexity index is 249. The van der Waals surface area contributed by atoms with Gasteiger partial charge in [0.2, 0.25) is 0 Å². The normalized spacial score (nSPS) is 43.1. The Morgan fingerprint density at radius 2 is 1.92 bits per heavy atom. The van der Waals surface area contributed by atoms with Gasteiger partial charge in [-0.25, -0.2) is 0 Å². The quantitative estimate of drug-likeness (QED) is 0.572. The molecule has 0 heterocycles. The van der Waals surface area contributed by atoms with Gasteiger partial charge in [0, 0.05) is 0 Å². The molecule has 13 heavy (non-hydrogen) atoms. The molecule has 0 radical (unpaired) electrons. The van der Waals surface area contributed by atoms with Crippen molar-refractivity contribution >= 4 is 0 Å². The highest BCUT2D eigenvalue weighted by Gasteiger charge is 2.52. The van der Waals surface area contributed by atoms with Crippen molar-refractivity contribution in [3.8, 4) is 0 Å². The van der Waals surface area contributed by atoms with E-state index in [1.54, 1.807) is 0 Å². The summed E-state index contributed by atoms with van der Waals surface area (Å²) in [5.74, 6) is 1.89. The standard InChI is InChI=1S/C13H22/c1-9(11-8-12(11,3)4)6-13(5)7-10(13)2/h9,11H,2,6-8H2,1,3-5H3. The molecular weight excluding hydrogens is 156 g/mol. The largest absolute Gasteiger partial charge is 0.0993 e. The van der Waals surface area contributed by atoms with E-state index in [4.69, 9.17) is 0 Å². The predicted molar refractivity (Wildman–Crippen MR) is 57.5 cm³/mol. The van der Waals surface area contributed by atoms with Crippen molar-refractivity contribution < 1.29 is 0 Å². The topological polar surface area (TPSA) is 0 Å². The van der Waals surface area contributed by atoms with Crippen LogP contribution in [0.5, 0.6) is 0 Å². The Kier molecular flexibility index (Phi) is 1.72. The Morgan fingerprint density at radius 1 is 1.46 bits per heavy atom. The Hall–Kier alpha value is -0.260. The van der Waals surface area contributed by atoms with Crippen LogP contribution in [-0.4, -0.2) is 0 Å². The van der Waals surface area contributed by atoms with Crippen LogP contribution in [0.15, 0.2) is 12.2 Å². The molecular formula is C13H22. The minimum Gasteiger partial charge on any atom is -0.0993 e. The van der Waals surface area contributed by atoms with E-state index in [0.29, 0.717) is 10.8 Å². The average molecular weight is 178 g/mol. The van der Waals surface area contributed by atoms with Gasteiger partial charge >= 0.3 is 0 Å². The van der Waals surface area contributed by atoms with E-state index >= 15 is 0 Å². The first-order valence-electron chi connectivity index (χ1n) is 5.53. The zero-order valence-electron chi connectivity index (χ0n) is 9.48. The summed E-state index contributed by atoms with van der Waals surface area (Å²) in [6, 6.07) is 0. The van der Waals surface area contributed by atoms with E-state index in [2.05, 4.69) is 34.3 Å².